The molecule has 1 rings (SSSR count). The molecule has 0 atom stereocenters. The van der Waals surface area contributed by atoms with E-state index in [0.717, 1.165) is 15.2 Å². The van der Waals surface area contributed by atoms with Crippen LogP contribution in [0.3, 0.4) is 0 Å². The van der Waals surface area contributed by atoms with Gasteiger partial charge in [-0.2, -0.15) is 0 Å². The molecule has 0 saturated carbocycles. The first-order chi connectivity index (χ1) is 7.99. The van der Waals surface area contributed by atoms with Gasteiger partial charge >= 0.3 is 0 Å². The van der Waals surface area contributed by atoms with E-state index in [2.05, 4.69) is 15.9 Å². The van der Waals surface area contributed by atoms with Crippen LogP contribution in [0.5, 0.6) is 0 Å². The van der Waals surface area contributed by atoms with Crippen molar-refractivity contribution in [3.8, 4) is 0 Å². The van der Waals surface area contributed by atoms with Crippen LogP contribution in [0.1, 0.15) is 23.5 Å². The molecule has 0 aliphatic carbocycles. The standard InChI is InChI=1S/C12H18BrNO2S/c1-9(2)16-7-6-14(3)8-10(15)11-4-5-12(13)17-11/h4-5,9H,6-8H2,1-3H3. The zero-order valence-corrected chi connectivity index (χ0v) is 12.8. The van der Waals surface area contributed by atoms with Crippen LogP contribution in [0.25, 0.3) is 0 Å². The smallest absolute Gasteiger partial charge is 0.186 e. The predicted octanol–water partition coefficient (Wildman–Crippen LogP) is 3.05. The summed E-state index contributed by atoms with van der Waals surface area (Å²) in [5.41, 5.74) is 0. The van der Waals surface area contributed by atoms with Gasteiger partial charge in [-0.05, 0) is 49.0 Å². The van der Waals surface area contributed by atoms with Crippen molar-refractivity contribution in [3.63, 3.8) is 0 Å². The Labute approximate surface area is 115 Å². The maximum atomic E-state index is 11.9. The van der Waals surface area contributed by atoms with Crippen LogP contribution in [0.15, 0.2) is 15.9 Å². The van der Waals surface area contributed by atoms with Crippen molar-refractivity contribution in [2.45, 2.75) is 20.0 Å². The average molecular weight is 320 g/mol. The third kappa shape index (κ3) is 5.77. The number of halogens is 1. The van der Waals surface area contributed by atoms with E-state index < -0.39 is 0 Å². The molecular formula is C12H18BrNO2S. The monoisotopic (exact) mass is 319 g/mol. The van der Waals surface area contributed by atoms with Gasteiger partial charge in [-0.3, -0.25) is 9.69 Å². The molecule has 5 heteroatoms. The van der Waals surface area contributed by atoms with Crippen molar-refractivity contribution >= 4 is 33.0 Å². The lowest BCUT2D eigenvalue weighted by atomic mass is 10.3. The summed E-state index contributed by atoms with van der Waals surface area (Å²) in [6.45, 7) is 5.89. The number of rotatable bonds is 7. The lowest BCUT2D eigenvalue weighted by molar-refractivity contribution is 0.0620. The van der Waals surface area contributed by atoms with Gasteiger partial charge in [-0.1, -0.05) is 0 Å². The summed E-state index contributed by atoms with van der Waals surface area (Å²) in [7, 11) is 1.93. The molecule has 1 aromatic rings. The summed E-state index contributed by atoms with van der Waals surface area (Å²) < 4.78 is 6.44. The summed E-state index contributed by atoms with van der Waals surface area (Å²) in [6.07, 6.45) is 0.243. The fourth-order valence-electron chi connectivity index (χ4n) is 1.31. The molecule has 1 aromatic heterocycles. The molecule has 0 aliphatic rings. The third-order valence-corrected chi connectivity index (χ3v) is 3.85. The molecule has 0 fully saturated rings. The largest absolute Gasteiger partial charge is 0.377 e. The number of hydrogen-bond donors (Lipinski definition) is 0. The molecule has 0 amide bonds. The van der Waals surface area contributed by atoms with Crippen molar-refractivity contribution in [2.75, 3.05) is 26.7 Å². The number of ether oxygens (including phenoxy) is 1. The Morgan fingerprint density at radius 2 is 2.24 bits per heavy atom. The first kappa shape index (κ1) is 14.8. The highest BCUT2D eigenvalue weighted by atomic mass is 79.9. The van der Waals surface area contributed by atoms with Gasteiger partial charge in [0.1, 0.15) is 0 Å². The van der Waals surface area contributed by atoms with Gasteiger partial charge < -0.3 is 4.74 Å². The zero-order chi connectivity index (χ0) is 12.8. The molecular weight excluding hydrogens is 302 g/mol. The lowest BCUT2D eigenvalue weighted by Crippen LogP contribution is -2.29. The van der Waals surface area contributed by atoms with Crippen LogP contribution in [0, 0.1) is 0 Å². The molecule has 0 bridgehead atoms. The van der Waals surface area contributed by atoms with Gasteiger partial charge in [0.15, 0.2) is 5.78 Å². The van der Waals surface area contributed by atoms with E-state index in [0.29, 0.717) is 13.2 Å². The predicted molar refractivity (Wildman–Crippen MR) is 74.9 cm³/mol. The van der Waals surface area contributed by atoms with Crippen molar-refractivity contribution in [3.05, 3.63) is 20.8 Å². The molecule has 17 heavy (non-hydrogen) atoms. The Hall–Kier alpha value is -0.230. The number of hydrogen-bond acceptors (Lipinski definition) is 4. The Morgan fingerprint density at radius 1 is 1.53 bits per heavy atom. The summed E-state index contributed by atoms with van der Waals surface area (Å²) in [4.78, 5) is 14.7. The van der Waals surface area contributed by atoms with E-state index in [9.17, 15) is 4.79 Å². The normalized spacial score (nSPS) is 11.4. The summed E-state index contributed by atoms with van der Waals surface area (Å²) in [6, 6.07) is 3.76. The molecule has 1 heterocycles. The maximum absolute atomic E-state index is 11.9. The average Bonchev–Trinajstić information content (AvgIpc) is 2.64. The molecule has 0 radical (unpaired) electrons. The Balaban J connectivity index is 2.31. The second kappa shape index (κ2) is 7.26. The topological polar surface area (TPSA) is 29.5 Å². The van der Waals surface area contributed by atoms with Crippen LogP contribution in [0.4, 0.5) is 0 Å². The molecule has 0 aliphatic heterocycles. The molecule has 0 spiro atoms. The molecule has 0 unspecified atom stereocenters. The van der Waals surface area contributed by atoms with Gasteiger partial charge in [0.2, 0.25) is 0 Å². The molecule has 0 aromatic carbocycles. The zero-order valence-electron chi connectivity index (χ0n) is 10.4. The molecule has 3 nitrogen and oxygen atoms in total. The van der Waals surface area contributed by atoms with E-state index in [4.69, 9.17) is 4.74 Å². The maximum Gasteiger partial charge on any atom is 0.186 e. The van der Waals surface area contributed by atoms with Crippen LogP contribution in [0.2, 0.25) is 0 Å². The van der Waals surface area contributed by atoms with E-state index in [1.54, 1.807) is 0 Å². The number of carbonyl (C=O) groups is 1. The number of thiophene rings is 1. The highest BCUT2D eigenvalue weighted by Crippen LogP contribution is 2.22. The molecule has 96 valence electrons. The Morgan fingerprint density at radius 3 is 2.76 bits per heavy atom. The highest BCUT2D eigenvalue weighted by Gasteiger charge is 2.11. The van der Waals surface area contributed by atoms with Gasteiger partial charge in [0, 0.05) is 6.54 Å². The van der Waals surface area contributed by atoms with E-state index in [1.165, 1.54) is 11.3 Å². The number of nitrogens with zero attached hydrogens (tertiary/aromatic N) is 1. The minimum atomic E-state index is 0.160. The number of likely N-dealkylation sites (N-methyl/N-ethyl adjacent to an activating group) is 1. The Kier molecular flexibility index (Phi) is 6.33. The van der Waals surface area contributed by atoms with Crippen molar-refractivity contribution in [1.82, 2.24) is 4.90 Å². The molecule has 0 N–H and O–H groups in total. The minimum absolute atomic E-state index is 0.160. The lowest BCUT2D eigenvalue weighted by Gasteiger charge is -2.16. The fourth-order valence-corrected chi connectivity index (χ4v) is 2.63. The molecule has 0 saturated heterocycles. The van der Waals surface area contributed by atoms with Gasteiger partial charge in [-0.25, -0.2) is 0 Å². The van der Waals surface area contributed by atoms with Crippen molar-refractivity contribution in [1.29, 1.82) is 0 Å². The first-order valence-corrected chi connectivity index (χ1v) is 7.18. The van der Waals surface area contributed by atoms with Crippen LogP contribution in [-0.4, -0.2) is 43.5 Å². The number of carbonyl (C=O) groups excluding carboxylic acids is 1. The Bertz CT molecular complexity index is 365. The summed E-state index contributed by atoms with van der Waals surface area (Å²) in [5, 5.41) is 0. The minimum Gasteiger partial charge on any atom is -0.377 e. The number of ketones is 1. The summed E-state index contributed by atoms with van der Waals surface area (Å²) >= 11 is 4.83. The van der Waals surface area contributed by atoms with Gasteiger partial charge in [-0.15, -0.1) is 11.3 Å². The van der Waals surface area contributed by atoms with E-state index in [-0.39, 0.29) is 11.9 Å². The van der Waals surface area contributed by atoms with Gasteiger partial charge in [0.05, 0.1) is 27.9 Å². The first-order valence-electron chi connectivity index (χ1n) is 5.57. The van der Waals surface area contributed by atoms with Crippen LogP contribution >= 0.6 is 27.3 Å². The van der Waals surface area contributed by atoms with Crippen molar-refractivity contribution < 1.29 is 9.53 Å². The van der Waals surface area contributed by atoms with E-state index in [1.807, 2.05) is 37.9 Å². The third-order valence-electron chi connectivity index (χ3n) is 2.19. The van der Waals surface area contributed by atoms with E-state index >= 15 is 0 Å². The second-order valence-corrected chi connectivity index (χ2v) is 6.65. The number of Topliss-reactive ketones (excluding diaryl/α,β-unsaturated/α-hetero) is 1. The summed E-state index contributed by atoms with van der Waals surface area (Å²) in [5.74, 6) is 0.160. The second-order valence-electron chi connectivity index (χ2n) is 4.18. The highest BCUT2D eigenvalue weighted by molar-refractivity contribution is 9.11. The van der Waals surface area contributed by atoms with Crippen LogP contribution in [-0.2, 0) is 4.74 Å². The van der Waals surface area contributed by atoms with Gasteiger partial charge in [0.25, 0.3) is 0 Å². The van der Waals surface area contributed by atoms with Crippen molar-refractivity contribution in [2.24, 2.45) is 0 Å². The van der Waals surface area contributed by atoms with Crippen LogP contribution < -0.4 is 0 Å². The fraction of sp³-hybridized carbons (Fsp3) is 0.583. The SMILES string of the molecule is CC(C)OCCN(C)CC(=O)c1ccc(Br)s1. The quantitative estimate of drug-likeness (QED) is 0.723.